The minimum absolute atomic E-state index is 0.133. The van der Waals surface area contributed by atoms with Crippen LogP contribution >= 0.6 is 11.3 Å². The molecule has 0 bridgehead atoms. The molecule has 0 fully saturated rings. The van der Waals surface area contributed by atoms with Crippen molar-refractivity contribution in [2.45, 2.75) is 19.4 Å². The largest absolute Gasteiger partial charge is 0.550 e. The quantitative estimate of drug-likeness (QED) is 0.888. The van der Waals surface area contributed by atoms with Gasteiger partial charge in [-0.1, -0.05) is 30.3 Å². The maximum absolute atomic E-state index is 10.5. The van der Waals surface area contributed by atoms with Gasteiger partial charge in [0, 0.05) is 17.8 Å². The van der Waals surface area contributed by atoms with Crippen LogP contribution in [0.5, 0.6) is 0 Å². The van der Waals surface area contributed by atoms with E-state index < -0.39 is 5.97 Å². The third-order valence-corrected chi connectivity index (χ3v) is 3.34. The molecular formula is C13H13N2O2S-. The number of aromatic nitrogens is 1. The summed E-state index contributed by atoms with van der Waals surface area (Å²) in [5.41, 5.74) is 1.69. The number of anilines is 1. The molecule has 1 aromatic carbocycles. The Morgan fingerprint density at radius 1 is 1.44 bits per heavy atom. The third kappa shape index (κ3) is 3.30. The number of thiazole rings is 1. The van der Waals surface area contributed by atoms with Gasteiger partial charge in [-0.2, -0.15) is 0 Å². The Morgan fingerprint density at radius 2 is 2.17 bits per heavy atom. The molecule has 1 aromatic heterocycles. The Balaban J connectivity index is 2.01. The van der Waals surface area contributed by atoms with Gasteiger partial charge in [-0.3, -0.25) is 0 Å². The van der Waals surface area contributed by atoms with Crippen LogP contribution in [0.25, 0.3) is 0 Å². The first kappa shape index (κ1) is 12.6. The van der Waals surface area contributed by atoms with Crippen molar-refractivity contribution < 1.29 is 9.90 Å². The van der Waals surface area contributed by atoms with E-state index in [-0.39, 0.29) is 12.5 Å². The predicted molar refractivity (Wildman–Crippen MR) is 69.3 cm³/mol. The molecule has 2 aromatic rings. The van der Waals surface area contributed by atoms with E-state index in [1.165, 1.54) is 11.3 Å². The maximum atomic E-state index is 10.5. The summed E-state index contributed by atoms with van der Waals surface area (Å²) in [6.07, 6.45) is -0.141. The van der Waals surface area contributed by atoms with Crippen molar-refractivity contribution in [1.82, 2.24) is 4.98 Å². The number of nitrogens with one attached hydrogen (secondary N) is 1. The highest BCUT2D eigenvalue weighted by atomic mass is 32.1. The summed E-state index contributed by atoms with van der Waals surface area (Å²) >= 11 is 1.40. The highest BCUT2D eigenvalue weighted by Gasteiger charge is 2.07. The predicted octanol–water partition coefficient (Wildman–Crippen LogP) is 1.61. The first-order valence-corrected chi connectivity index (χ1v) is 6.49. The van der Waals surface area contributed by atoms with Crippen LogP contribution in [0, 0.1) is 0 Å². The number of hydrogen-bond acceptors (Lipinski definition) is 5. The number of carbonyl (C=O) groups is 1. The van der Waals surface area contributed by atoms with Crippen molar-refractivity contribution in [3.63, 3.8) is 0 Å². The fraction of sp³-hybridized carbons (Fsp3) is 0.231. The van der Waals surface area contributed by atoms with Gasteiger partial charge in [0.15, 0.2) is 5.13 Å². The van der Waals surface area contributed by atoms with E-state index >= 15 is 0 Å². The second kappa shape index (κ2) is 5.64. The zero-order valence-corrected chi connectivity index (χ0v) is 10.7. The molecule has 1 heterocycles. The monoisotopic (exact) mass is 261 g/mol. The van der Waals surface area contributed by atoms with Gasteiger partial charge in [0.1, 0.15) is 0 Å². The molecule has 1 N–H and O–H groups in total. The van der Waals surface area contributed by atoms with Gasteiger partial charge in [0.25, 0.3) is 0 Å². The number of benzene rings is 1. The molecule has 0 aliphatic rings. The minimum atomic E-state index is -1.11. The van der Waals surface area contributed by atoms with Crippen molar-refractivity contribution in [1.29, 1.82) is 0 Å². The van der Waals surface area contributed by atoms with Crippen molar-refractivity contribution in [2.24, 2.45) is 0 Å². The standard InChI is InChI=1S/C13H14N2O2S/c1-9(10-5-3-2-4-6-10)14-13-15-11(8-18-13)7-12(16)17/h2-6,8-9H,7H2,1H3,(H,14,15)(H,16,17)/p-1/t9-/m1/s1. The molecule has 0 aliphatic heterocycles. The number of carboxylic acids is 1. The van der Waals surface area contributed by atoms with Gasteiger partial charge in [-0.15, -0.1) is 11.3 Å². The number of hydrogen-bond donors (Lipinski definition) is 1. The average Bonchev–Trinajstić information content (AvgIpc) is 2.76. The summed E-state index contributed by atoms with van der Waals surface area (Å²) in [7, 11) is 0. The summed E-state index contributed by atoms with van der Waals surface area (Å²) < 4.78 is 0. The Kier molecular flexibility index (Phi) is 3.94. The van der Waals surface area contributed by atoms with Crippen LogP contribution in [0.2, 0.25) is 0 Å². The summed E-state index contributed by atoms with van der Waals surface area (Å²) in [4.78, 5) is 14.7. The molecule has 0 aliphatic carbocycles. The zero-order chi connectivity index (χ0) is 13.0. The van der Waals surface area contributed by atoms with Crippen molar-refractivity contribution >= 4 is 22.4 Å². The molecule has 0 spiro atoms. The summed E-state index contributed by atoms with van der Waals surface area (Å²) in [5, 5.41) is 16.2. The van der Waals surface area contributed by atoms with Gasteiger partial charge in [0.2, 0.25) is 0 Å². The van der Waals surface area contributed by atoms with Gasteiger partial charge in [0.05, 0.1) is 11.7 Å². The van der Waals surface area contributed by atoms with Crippen LogP contribution in [0.3, 0.4) is 0 Å². The SMILES string of the molecule is C[C@@H](Nc1nc(CC(=O)[O-])cs1)c1ccccc1. The second-order valence-corrected chi connectivity index (χ2v) is 4.83. The van der Waals surface area contributed by atoms with Gasteiger partial charge >= 0.3 is 0 Å². The number of carbonyl (C=O) groups excluding carboxylic acids is 1. The third-order valence-electron chi connectivity index (χ3n) is 2.52. The Hall–Kier alpha value is -1.88. The van der Waals surface area contributed by atoms with Crippen LogP contribution in [0.4, 0.5) is 5.13 Å². The average molecular weight is 261 g/mol. The molecule has 5 heteroatoms. The van der Waals surface area contributed by atoms with Gasteiger partial charge < -0.3 is 15.2 Å². The van der Waals surface area contributed by atoms with Crippen LogP contribution in [-0.4, -0.2) is 11.0 Å². The Labute approximate surface area is 109 Å². The fourth-order valence-electron chi connectivity index (χ4n) is 1.61. The Bertz CT molecular complexity index is 525. The lowest BCUT2D eigenvalue weighted by atomic mass is 10.1. The molecule has 0 amide bonds. The lowest BCUT2D eigenvalue weighted by Crippen LogP contribution is -2.24. The fourth-order valence-corrected chi connectivity index (χ4v) is 2.41. The minimum Gasteiger partial charge on any atom is -0.550 e. The van der Waals surface area contributed by atoms with Crippen LogP contribution in [-0.2, 0) is 11.2 Å². The van der Waals surface area contributed by atoms with Crippen molar-refractivity contribution in [2.75, 3.05) is 5.32 Å². The molecule has 94 valence electrons. The van der Waals surface area contributed by atoms with Crippen LogP contribution in [0.1, 0.15) is 24.2 Å². The number of carboxylic acid groups (broad SMARTS) is 1. The first-order chi connectivity index (χ1) is 8.65. The molecular weight excluding hydrogens is 248 g/mol. The molecule has 0 radical (unpaired) electrons. The lowest BCUT2D eigenvalue weighted by molar-refractivity contribution is -0.304. The van der Waals surface area contributed by atoms with E-state index in [2.05, 4.69) is 10.3 Å². The zero-order valence-electron chi connectivity index (χ0n) is 9.92. The van der Waals surface area contributed by atoms with E-state index in [1.54, 1.807) is 5.38 Å². The molecule has 0 unspecified atom stereocenters. The van der Waals surface area contributed by atoms with Gasteiger partial charge in [-0.05, 0) is 12.5 Å². The maximum Gasteiger partial charge on any atom is 0.183 e. The molecule has 0 saturated heterocycles. The lowest BCUT2D eigenvalue weighted by Gasteiger charge is -2.12. The van der Waals surface area contributed by atoms with Gasteiger partial charge in [-0.25, -0.2) is 4.98 Å². The topological polar surface area (TPSA) is 65.0 Å². The first-order valence-electron chi connectivity index (χ1n) is 5.61. The second-order valence-electron chi connectivity index (χ2n) is 3.97. The van der Waals surface area contributed by atoms with E-state index in [1.807, 2.05) is 37.3 Å². The number of rotatable bonds is 5. The molecule has 1 atom stereocenters. The smallest absolute Gasteiger partial charge is 0.183 e. The van der Waals surface area contributed by atoms with Crippen molar-refractivity contribution in [3.8, 4) is 0 Å². The number of aliphatic carboxylic acids is 1. The normalized spacial score (nSPS) is 12.1. The van der Waals surface area contributed by atoms with E-state index in [0.717, 1.165) is 10.7 Å². The molecule has 4 nitrogen and oxygen atoms in total. The Morgan fingerprint density at radius 3 is 2.83 bits per heavy atom. The van der Waals surface area contributed by atoms with E-state index in [0.29, 0.717) is 5.69 Å². The summed E-state index contributed by atoms with van der Waals surface area (Å²) in [6.45, 7) is 2.04. The highest BCUT2D eigenvalue weighted by molar-refractivity contribution is 7.13. The van der Waals surface area contributed by atoms with Crippen LogP contribution < -0.4 is 10.4 Å². The summed E-state index contributed by atoms with van der Waals surface area (Å²) in [6, 6.07) is 10.1. The summed E-state index contributed by atoms with van der Waals surface area (Å²) in [5.74, 6) is -1.11. The van der Waals surface area contributed by atoms with E-state index in [4.69, 9.17) is 0 Å². The van der Waals surface area contributed by atoms with E-state index in [9.17, 15) is 9.90 Å². The molecule has 2 rings (SSSR count). The highest BCUT2D eigenvalue weighted by Crippen LogP contribution is 2.22. The number of nitrogens with zero attached hydrogens (tertiary/aromatic N) is 1. The van der Waals surface area contributed by atoms with Crippen molar-refractivity contribution in [3.05, 3.63) is 47.0 Å². The molecule has 0 saturated carbocycles. The van der Waals surface area contributed by atoms with Crippen LogP contribution in [0.15, 0.2) is 35.7 Å². The molecule has 18 heavy (non-hydrogen) atoms.